The number of nitrogens with one attached hydrogen (secondary N) is 1. The van der Waals surface area contributed by atoms with Crippen molar-refractivity contribution in [3.63, 3.8) is 0 Å². The lowest BCUT2D eigenvalue weighted by Crippen LogP contribution is -2.45. The van der Waals surface area contributed by atoms with Crippen molar-refractivity contribution in [1.82, 2.24) is 5.32 Å². The van der Waals surface area contributed by atoms with Gasteiger partial charge >= 0.3 is 5.97 Å². The van der Waals surface area contributed by atoms with E-state index in [4.69, 9.17) is 4.74 Å². The van der Waals surface area contributed by atoms with Gasteiger partial charge in [-0.05, 0) is 51.4 Å². The zero-order chi connectivity index (χ0) is 56.4. The Kier molecular flexibility index (Phi) is 66.9. The van der Waals surface area contributed by atoms with Gasteiger partial charge in [0.25, 0.3) is 0 Å². The van der Waals surface area contributed by atoms with Crippen LogP contribution < -0.4 is 5.32 Å². The molecule has 2 atom stereocenters. The Labute approximate surface area is 489 Å². The summed E-state index contributed by atoms with van der Waals surface area (Å²) in [6.45, 7) is 4.99. The van der Waals surface area contributed by atoms with Crippen molar-refractivity contribution in [2.75, 3.05) is 13.2 Å². The zero-order valence-electron chi connectivity index (χ0n) is 53.2. The zero-order valence-corrected chi connectivity index (χ0v) is 53.2. The summed E-state index contributed by atoms with van der Waals surface area (Å²) >= 11 is 0. The van der Waals surface area contributed by atoms with Gasteiger partial charge in [0.1, 0.15) is 0 Å². The van der Waals surface area contributed by atoms with E-state index in [2.05, 4.69) is 31.3 Å². The van der Waals surface area contributed by atoms with Gasteiger partial charge in [-0.25, -0.2) is 0 Å². The van der Waals surface area contributed by atoms with Gasteiger partial charge in [0.15, 0.2) is 0 Å². The van der Waals surface area contributed by atoms with E-state index >= 15 is 0 Å². The molecule has 1 amide bonds. The molecule has 0 rings (SSSR count). The molecule has 0 aromatic carbocycles. The van der Waals surface area contributed by atoms with Gasteiger partial charge in [0.2, 0.25) is 5.91 Å². The van der Waals surface area contributed by atoms with E-state index in [1.54, 1.807) is 0 Å². The van der Waals surface area contributed by atoms with Crippen LogP contribution in [0.15, 0.2) is 12.2 Å². The van der Waals surface area contributed by atoms with Gasteiger partial charge < -0.3 is 20.3 Å². The summed E-state index contributed by atoms with van der Waals surface area (Å²) in [5, 5.41) is 23.4. The number of ether oxygens (including phenoxy) is 1. The molecule has 0 fully saturated rings. The second kappa shape index (κ2) is 68.1. The molecule has 0 aliphatic rings. The topological polar surface area (TPSA) is 95.9 Å². The Morgan fingerprint density at radius 3 is 0.910 bits per heavy atom. The van der Waals surface area contributed by atoms with Gasteiger partial charge in [-0.1, -0.05) is 360 Å². The van der Waals surface area contributed by atoms with Gasteiger partial charge in [-0.3, -0.25) is 9.59 Å². The summed E-state index contributed by atoms with van der Waals surface area (Å²) < 4.78 is 5.50. The van der Waals surface area contributed by atoms with Crippen molar-refractivity contribution >= 4 is 11.9 Å². The van der Waals surface area contributed by atoms with Gasteiger partial charge in [-0.15, -0.1) is 0 Å². The standard InChI is InChI=1S/C72H141NO5/c1-3-5-7-9-11-13-15-17-19-21-22-23-24-27-30-33-36-40-44-48-52-56-60-64-70(75)69(68-74)73-71(76)65-61-57-53-49-45-41-37-34-31-28-25-26-29-32-35-39-43-47-51-55-59-63-67-78-72(77)66-62-58-54-50-46-42-38-20-18-16-14-12-10-8-6-4-2/h20,38,69-70,74-75H,3-19,21-37,39-68H2,1-2H3,(H,73,76)/b38-20-. The summed E-state index contributed by atoms with van der Waals surface area (Å²) in [6, 6.07) is -0.542. The first-order valence-corrected chi connectivity index (χ1v) is 35.9. The Balaban J connectivity index is 3.37. The molecule has 0 saturated heterocycles. The SMILES string of the molecule is CCCCCCCCC/C=C\CCCCCCCC(=O)OCCCCCCCCCCCCCCCCCCCCCCCCC(=O)NC(CO)C(O)CCCCCCCCCCCCCCCCCCCCCCCCC. The maximum absolute atomic E-state index is 12.6. The highest BCUT2D eigenvalue weighted by atomic mass is 16.5. The van der Waals surface area contributed by atoms with E-state index in [9.17, 15) is 19.8 Å². The van der Waals surface area contributed by atoms with Crippen LogP contribution >= 0.6 is 0 Å². The number of esters is 1. The van der Waals surface area contributed by atoms with Gasteiger partial charge in [0.05, 0.1) is 25.4 Å². The highest BCUT2D eigenvalue weighted by Gasteiger charge is 2.20. The molecule has 0 spiro atoms. The predicted octanol–water partition coefficient (Wildman–Crippen LogP) is 23.1. The largest absolute Gasteiger partial charge is 0.466 e. The first-order chi connectivity index (χ1) is 38.5. The summed E-state index contributed by atoms with van der Waals surface area (Å²) in [7, 11) is 0. The summed E-state index contributed by atoms with van der Waals surface area (Å²) in [5.41, 5.74) is 0. The molecule has 0 heterocycles. The van der Waals surface area contributed by atoms with E-state index in [0.29, 0.717) is 25.9 Å². The first kappa shape index (κ1) is 76.6. The molecule has 0 aromatic heterocycles. The number of aliphatic hydroxyl groups is 2. The maximum atomic E-state index is 12.6. The average molecular weight is 1100 g/mol. The van der Waals surface area contributed by atoms with Crippen molar-refractivity contribution in [3.05, 3.63) is 12.2 Å². The van der Waals surface area contributed by atoms with Crippen LogP contribution in [0.2, 0.25) is 0 Å². The van der Waals surface area contributed by atoms with Gasteiger partial charge in [0, 0.05) is 12.8 Å². The molecule has 464 valence electrons. The van der Waals surface area contributed by atoms with Crippen molar-refractivity contribution in [2.45, 2.75) is 424 Å². The number of allylic oxidation sites excluding steroid dienone is 2. The molecule has 0 aliphatic carbocycles. The Morgan fingerprint density at radius 2 is 0.603 bits per heavy atom. The smallest absolute Gasteiger partial charge is 0.305 e. The van der Waals surface area contributed by atoms with Crippen LogP contribution in [0.25, 0.3) is 0 Å². The minimum atomic E-state index is -0.665. The molecule has 0 bridgehead atoms. The summed E-state index contributed by atoms with van der Waals surface area (Å²) in [5.74, 6) is -0.0227. The highest BCUT2D eigenvalue weighted by molar-refractivity contribution is 5.76. The third kappa shape index (κ3) is 63.8. The fourth-order valence-corrected chi connectivity index (χ4v) is 11.6. The minimum Gasteiger partial charge on any atom is -0.466 e. The van der Waals surface area contributed by atoms with E-state index in [1.807, 2.05) is 0 Å². The Hall–Kier alpha value is -1.40. The van der Waals surface area contributed by atoms with Crippen LogP contribution in [0.3, 0.4) is 0 Å². The number of carbonyl (C=O) groups excluding carboxylic acids is 2. The molecule has 0 aromatic rings. The van der Waals surface area contributed by atoms with Crippen LogP contribution in [-0.2, 0) is 14.3 Å². The number of carbonyl (C=O) groups is 2. The number of rotatable bonds is 68. The summed E-state index contributed by atoms with van der Waals surface area (Å²) in [4.78, 5) is 24.6. The fraction of sp³-hybridized carbons (Fsp3) is 0.944. The van der Waals surface area contributed by atoms with Crippen LogP contribution in [0, 0.1) is 0 Å². The lowest BCUT2D eigenvalue weighted by Gasteiger charge is -2.22. The van der Waals surface area contributed by atoms with Crippen LogP contribution in [0.5, 0.6) is 0 Å². The van der Waals surface area contributed by atoms with E-state index in [-0.39, 0.29) is 18.5 Å². The number of hydrogen-bond donors (Lipinski definition) is 3. The van der Waals surface area contributed by atoms with Crippen LogP contribution in [-0.4, -0.2) is 47.4 Å². The monoisotopic (exact) mass is 1100 g/mol. The van der Waals surface area contributed by atoms with Crippen molar-refractivity contribution in [1.29, 1.82) is 0 Å². The Morgan fingerprint density at radius 1 is 0.346 bits per heavy atom. The highest BCUT2D eigenvalue weighted by Crippen LogP contribution is 2.19. The molecular weight excluding hydrogens is 959 g/mol. The second-order valence-electron chi connectivity index (χ2n) is 24.9. The van der Waals surface area contributed by atoms with E-state index in [1.165, 1.54) is 334 Å². The molecule has 0 radical (unpaired) electrons. The molecule has 78 heavy (non-hydrogen) atoms. The second-order valence-corrected chi connectivity index (χ2v) is 24.9. The van der Waals surface area contributed by atoms with Crippen LogP contribution in [0.4, 0.5) is 0 Å². The van der Waals surface area contributed by atoms with Crippen molar-refractivity contribution < 1.29 is 24.5 Å². The average Bonchev–Trinajstić information content (AvgIpc) is 3.44. The predicted molar refractivity (Wildman–Crippen MR) is 343 cm³/mol. The van der Waals surface area contributed by atoms with E-state index in [0.717, 1.165) is 44.9 Å². The van der Waals surface area contributed by atoms with Crippen LogP contribution in [0.1, 0.15) is 412 Å². The van der Waals surface area contributed by atoms with Gasteiger partial charge in [-0.2, -0.15) is 0 Å². The molecule has 6 heteroatoms. The fourth-order valence-electron chi connectivity index (χ4n) is 11.6. The molecule has 6 nitrogen and oxygen atoms in total. The molecule has 2 unspecified atom stereocenters. The number of unbranched alkanes of at least 4 members (excludes halogenated alkanes) is 55. The lowest BCUT2D eigenvalue weighted by atomic mass is 10.0. The first-order valence-electron chi connectivity index (χ1n) is 35.9. The number of aliphatic hydroxyl groups excluding tert-OH is 2. The van der Waals surface area contributed by atoms with E-state index < -0.39 is 12.1 Å². The minimum absolute atomic E-state index is 0.00728. The summed E-state index contributed by atoms with van der Waals surface area (Å²) in [6.07, 6.45) is 84.0. The maximum Gasteiger partial charge on any atom is 0.305 e. The quantitative estimate of drug-likeness (QED) is 0.0320. The molecule has 3 N–H and O–H groups in total. The molecule has 0 saturated carbocycles. The van der Waals surface area contributed by atoms with Crippen molar-refractivity contribution in [3.8, 4) is 0 Å². The number of hydrogen-bond acceptors (Lipinski definition) is 5. The molecule has 0 aliphatic heterocycles. The third-order valence-electron chi connectivity index (χ3n) is 17.1. The normalized spacial score (nSPS) is 12.5. The number of amides is 1. The lowest BCUT2D eigenvalue weighted by molar-refractivity contribution is -0.143. The third-order valence-corrected chi connectivity index (χ3v) is 17.1. The van der Waals surface area contributed by atoms with Crippen molar-refractivity contribution in [2.24, 2.45) is 0 Å². The molecular formula is C72H141NO5. The Bertz CT molecular complexity index is 1180.